The minimum atomic E-state index is -3.72. The van der Waals surface area contributed by atoms with E-state index < -0.39 is 9.05 Å². The molecule has 0 amide bonds. The first-order valence-corrected chi connectivity index (χ1v) is 7.79. The van der Waals surface area contributed by atoms with Gasteiger partial charge in [0.1, 0.15) is 0 Å². The van der Waals surface area contributed by atoms with Gasteiger partial charge in [0.05, 0.1) is 11.1 Å². The second-order valence-corrected chi connectivity index (χ2v) is 6.55. The second kappa shape index (κ2) is 4.74. The van der Waals surface area contributed by atoms with Crippen LogP contribution in [0.1, 0.15) is 12.5 Å². The Morgan fingerprint density at radius 2 is 2.06 bits per heavy atom. The Morgan fingerprint density at radius 3 is 2.56 bits per heavy atom. The van der Waals surface area contributed by atoms with Gasteiger partial charge in [-0.15, -0.1) is 0 Å². The predicted molar refractivity (Wildman–Crippen MR) is 71.1 cm³/mol. The molecule has 0 unspecified atom stereocenters. The highest BCUT2D eigenvalue weighted by Gasteiger charge is 2.16. The molecule has 0 saturated carbocycles. The first-order chi connectivity index (χ1) is 8.41. The summed E-state index contributed by atoms with van der Waals surface area (Å²) in [5.41, 5.74) is 2.37. The summed E-state index contributed by atoms with van der Waals surface area (Å²) >= 11 is 0. The minimum absolute atomic E-state index is 0.174. The largest absolute Gasteiger partial charge is 0.275 e. The monoisotopic (exact) mass is 284 g/mol. The van der Waals surface area contributed by atoms with E-state index in [2.05, 4.69) is 5.10 Å². The summed E-state index contributed by atoms with van der Waals surface area (Å²) in [6, 6.07) is 5.26. The lowest BCUT2D eigenvalue weighted by atomic mass is 10.1. The van der Waals surface area contributed by atoms with E-state index in [0.29, 0.717) is 6.42 Å². The first-order valence-electron chi connectivity index (χ1n) is 5.48. The molecule has 0 spiro atoms. The molecular weight excluding hydrogens is 272 g/mol. The Balaban J connectivity index is 2.60. The van der Waals surface area contributed by atoms with E-state index in [1.807, 2.05) is 26.2 Å². The van der Waals surface area contributed by atoms with Gasteiger partial charge < -0.3 is 0 Å². The van der Waals surface area contributed by atoms with Crippen LogP contribution in [0, 0.1) is 0 Å². The smallest absolute Gasteiger partial charge is 0.261 e. The molecule has 0 saturated heterocycles. The van der Waals surface area contributed by atoms with Gasteiger partial charge in [-0.25, -0.2) is 8.42 Å². The molecule has 96 valence electrons. The summed E-state index contributed by atoms with van der Waals surface area (Å²) in [4.78, 5) is 0.174. The standard InChI is InChI=1S/C12H13ClN2O2S/c1-3-9-4-5-10(6-12(9)18(13,16)17)11-7-14-15(2)8-11/h4-8H,3H2,1-2H3. The van der Waals surface area contributed by atoms with Crippen molar-refractivity contribution in [2.45, 2.75) is 18.2 Å². The van der Waals surface area contributed by atoms with E-state index in [9.17, 15) is 8.42 Å². The van der Waals surface area contributed by atoms with Crippen LogP contribution in [0.5, 0.6) is 0 Å². The molecule has 0 bridgehead atoms. The third kappa shape index (κ3) is 2.57. The molecule has 2 aromatic rings. The average molecular weight is 285 g/mol. The minimum Gasteiger partial charge on any atom is -0.275 e. The van der Waals surface area contributed by atoms with Crippen LogP contribution >= 0.6 is 10.7 Å². The van der Waals surface area contributed by atoms with Gasteiger partial charge in [0, 0.05) is 29.5 Å². The molecule has 4 nitrogen and oxygen atoms in total. The fraction of sp³-hybridized carbons (Fsp3) is 0.250. The lowest BCUT2D eigenvalue weighted by molar-refractivity contribution is 0.608. The Labute approximate surface area is 111 Å². The third-order valence-corrected chi connectivity index (χ3v) is 4.15. The van der Waals surface area contributed by atoms with Crippen LogP contribution in [-0.4, -0.2) is 18.2 Å². The lowest BCUT2D eigenvalue weighted by Crippen LogP contribution is -1.97. The van der Waals surface area contributed by atoms with Crippen molar-refractivity contribution < 1.29 is 8.42 Å². The molecule has 0 aliphatic heterocycles. The number of benzene rings is 1. The quantitative estimate of drug-likeness (QED) is 0.814. The highest BCUT2D eigenvalue weighted by molar-refractivity contribution is 8.13. The lowest BCUT2D eigenvalue weighted by Gasteiger charge is -2.06. The number of halogens is 1. The zero-order valence-corrected chi connectivity index (χ0v) is 11.7. The molecule has 1 aromatic heterocycles. The Kier molecular flexibility index (Phi) is 3.45. The van der Waals surface area contributed by atoms with E-state index in [0.717, 1.165) is 16.7 Å². The highest BCUT2D eigenvalue weighted by Crippen LogP contribution is 2.27. The fourth-order valence-electron chi connectivity index (χ4n) is 1.82. The van der Waals surface area contributed by atoms with E-state index >= 15 is 0 Å². The Hall–Kier alpha value is -1.33. The molecule has 18 heavy (non-hydrogen) atoms. The molecule has 2 rings (SSSR count). The van der Waals surface area contributed by atoms with Crippen molar-refractivity contribution in [1.29, 1.82) is 0 Å². The molecule has 0 aliphatic carbocycles. The van der Waals surface area contributed by atoms with Crippen LogP contribution in [0.2, 0.25) is 0 Å². The van der Waals surface area contributed by atoms with Gasteiger partial charge in [0.15, 0.2) is 0 Å². The van der Waals surface area contributed by atoms with Crippen LogP contribution in [0.25, 0.3) is 11.1 Å². The average Bonchev–Trinajstić information content (AvgIpc) is 2.74. The van der Waals surface area contributed by atoms with Gasteiger partial charge in [-0.2, -0.15) is 5.10 Å². The van der Waals surface area contributed by atoms with Gasteiger partial charge in [-0.1, -0.05) is 19.1 Å². The van der Waals surface area contributed by atoms with Gasteiger partial charge in [0.2, 0.25) is 0 Å². The van der Waals surface area contributed by atoms with Gasteiger partial charge in [-0.05, 0) is 23.6 Å². The summed E-state index contributed by atoms with van der Waals surface area (Å²) in [6.07, 6.45) is 4.13. The van der Waals surface area contributed by atoms with Crippen LogP contribution in [0.3, 0.4) is 0 Å². The normalized spacial score (nSPS) is 11.7. The van der Waals surface area contributed by atoms with Crippen molar-refractivity contribution in [2.75, 3.05) is 0 Å². The van der Waals surface area contributed by atoms with Crippen LogP contribution in [-0.2, 0) is 22.5 Å². The number of hydrogen-bond acceptors (Lipinski definition) is 3. The number of hydrogen-bond donors (Lipinski definition) is 0. The highest BCUT2D eigenvalue weighted by atomic mass is 35.7. The zero-order valence-electron chi connectivity index (χ0n) is 10.1. The SMILES string of the molecule is CCc1ccc(-c2cnn(C)c2)cc1S(=O)(=O)Cl. The molecular formula is C12H13ClN2O2S. The van der Waals surface area contributed by atoms with Crippen LogP contribution < -0.4 is 0 Å². The maximum Gasteiger partial charge on any atom is 0.261 e. The molecule has 1 aromatic carbocycles. The van der Waals surface area contributed by atoms with E-state index in [1.54, 1.807) is 23.0 Å². The molecule has 0 radical (unpaired) electrons. The van der Waals surface area contributed by atoms with Crippen molar-refractivity contribution in [3.05, 3.63) is 36.2 Å². The van der Waals surface area contributed by atoms with E-state index in [1.165, 1.54) is 0 Å². The molecule has 0 fully saturated rings. The van der Waals surface area contributed by atoms with Crippen molar-refractivity contribution in [3.63, 3.8) is 0 Å². The summed E-state index contributed by atoms with van der Waals surface area (Å²) in [7, 11) is 3.54. The Bertz CT molecular complexity index is 677. The molecule has 0 aliphatic rings. The maximum atomic E-state index is 11.5. The van der Waals surface area contributed by atoms with Crippen molar-refractivity contribution in [2.24, 2.45) is 7.05 Å². The third-order valence-electron chi connectivity index (χ3n) is 2.75. The van der Waals surface area contributed by atoms with Gasteiger partial charge >= 0.3 is 0 Å². The van der Waals surface area contributed by atoms with Crippen molar-refractivity contribution in [3.8, 4) is 11.1 Å². The topological polar surface area (TPSA) is 52.0 Å². The number of nitrogens with zero attached hydrogens (tertiary/aromatic N) is 2. The van der Waals surface area contributed by atoms with Gasteiger partial charge in [0.25, 0.3) is 9.05 Å². The number of aryl methyl sites for hydroxylation is 2. The predicted octanol–water partition coefficient (Wildman–Crippen LogP) is 2.58. The zero-order chi connectivity index (χ0) is 13.3. The van der Waals surface area contributed by atoms with Crippen molar-refractivity contribution >= 4 is 19.7 Å². The molecule has 1 heterocycles. The van der Waals surface area contributed by atoms with Crippen LogP contribution in [0.15, 0.2) is 35.5 Å². The Morgan fingerprint density at radius 1 is 1.33 bits per heavy atom. The molecule has 0 N–H and O–H groups in total. The number of aromatic nitrogens is 2. The van der Waals surface area contributed by atoms with E-state index in [4.69, 9.17) is 10.7 Å². The van der Waals surface area contributed by atoms with Crippen molar-refractivity contribution in [1.82, 2.24) is 9.78 Å². The molecule has 6 heteroatoms. The maximum absolute atomic E-state index is 11.5. The van der Waals surface area contributed by atoms with Gasteiger partial charge in [-0.3, -0.25) is 4.68 Å². The van der Waals surface area contributed by atoms with Crippen LogP contribution in [0.4, 0.5) is 0 Å². The number of rotatable bonds is 3. The summed E-state index contributed by atoms with van der Waals surface area (Å²) in [5.74, 6) is 0. The molecule has 0 atom stereocenters. The summed E-state index contributed by atoms with van der Waals surface area (Å²) in [5, 5.41) is 4.06. The summed E-state index contributed by atoms with van der Waals surface area (Å²) < 4.78 is 24.8. The summed E-state index contributed by atoms with van der Waals surface area (Å²) in [6.45, 7) is 1.89. The fourth-order valence-corrected chi connectivity index (χ4v) is 3.05. The first kappa shape index (κ1) is 13.1. The van der Waals surface area contributed by atoms with E-state index in [-0.39, 0.29) is 4.90 Å². The second-order valence-electron chi connectivity index (χ2n) is 4.02.